The summed E-state index contributed by atoms with van der Waals surface area (Å²) in [6, 6.07) is 7.46. The van der Waals surface area contributed by atoms with Crippen LogP contribution >= 0.6 is 0 Å². The van der Waals surface area contributed by atoms with E-state index in [1.807, 2.05) is 17.7 Å². The van der Waals surface area contributed by atoms with Crippen LogP contribution in [0.4, 0.5) is 5.69 Å². The first-order valence-corrected chi connectivity index (χ1v) is 9.10. The van der Waals surface area contributed by atoms with E-state index in [1.54, 1.807) is 36.3 Å². The van der Waals surface area contributed by atoms with Gasteiger partial charge >= 0.3 is 5.97 Å². The first kappa shape index (κ1) is 18.2. The molecule has 2 aromatic rings. The normalized spacial score (nSPS) is 15.0. The van der Waals surface area contributed by atoms with E-state index in [9.17, 15) is 9.59 Å². The molecule has 1 aliphatic carbocycles. The van der Waals surface area contributed by atoms with E-state index in [4.69, 9.17) is 5.11 Å². The maximum atomic E-state index is 13.0. The third kappa shape index (κ3) is 3.79. The van der Waals surface area contributed by atoms with Crippen LogP contribution < -0.4 is 4.90 Å². The fraction of sp³-hybridized carbons (Fsp3) is 0.450. The lowest BCUT2D eigenvalue weighted by Crippen LogP contribution is -2.27. The fourth-order valence-corrected chi connectivity index (χ4v) is 3.67. The second kappa shape index (κ2) is 7.72. The van der Waals surface area contributed by atoms with E-state index < -0.39 is 5.97 Å². The zero-order chi connectivity index (χ0) is 18.7. The van der Waals surface area contributed by atoms with Gasteiger partial charge in [0.2, 0.25) is 0 Å². The number of anilines is 1. The molecule has 1 aromatic carbocycles. The summed E-state index contributed by atoms with van der Waals surface area (Å²) in [7, 11) is 1.71. The Morgan fingerprint density at radius 2 is 2.00 bits per heavy atom. The number of aliphatic carboxylic acids is 1. The number of amides is 1. The minimum absolute atomic E-state index is 0.0610. The Morgan fingerprint density at radius 1 is 1.27 bits per heavy atom. The van der Waals surface area contributed by atoms with Crippen molar-refractivity contribution in [2.75, 3.05) is 11.9 Å². The maximum absolute atomic E-state index is 13.0. The topological polar surface area (TPSA) is 75.4 Å². The molecular weight excluding hydrogens is 330 g/mol. The van der Waals surface area contributed by atoms with Crippen molar-refractivity contribution in [1.29, 1.82) is 0 Å². The number of carboxylic acid groups (broad SMARTS) is 1. The molecule has 0 unspecified atom stereocenters. The number of rotatable bonds is 5. The van der Waals surface area contributed by atoms with Crippen LogP contribution in [0.15, 0.2) is 30.5 Å². The highest BCUT2D eigenvalue weighted by Gasteiger charge is 2.23. The molecule has 0 spiro atoms. The number of carboxylic acids is 1. The van der Waals surface area contributed by atoms with Crippen molar-refractivity contribution >= 4 is 17.6 Å². The smallest absolute Gasteiger partial charge is 0.307 e. The Balaban J connectivity index is 1.80. The van der Waals surface area contributed by atoms with Crippen LogP contribution in [0, 0.1) is 6.92 Å². The van der Waals surface area contributed by atoms with Crippen molar-refractivity contribution in [2.24, 2.45) is 0 Å². The van der Waals surface area contributed by atoms with Gasteiger partial charge in [-0.25, -0.2) is 0 Å². The molecule has 26 heavy (non-hydrogen) atoms. The lowest BCUT2D eigenvalue weighted by Gasteiger charge is -2.23. The number of hydrogen-bond donors (Lipinski definition) is 1. The van der Waals surface area contributed by atoms with Crippen molar-refractivity contribution in [2.45, 2.75) is 51.5 Å². The summed E-state index contributed by atoms with van der Waals surface area (Å²) >= 11 is 0. The average Bonchev–Trinajstić information content (AvgIpc) is 3.02. The van der Waals surface area contributed by atoms with Crippen LogP contribution in [0.25, 0.3) is 0 Å². The molecule has 0 aliphatic heterocycles. The summed E-state index contributed by atoms with van der Waals surface area (Å²) in [4.78, 5) is 25.4. The van der Waals surface area contributed by atoms with Gasteiger partial charge in [-0.3, -0.25) is 14.3 Å². The minimum Gasteiger partial charge on any atom is -0.481 e. The van der Waals surface area contributed by atoms with Crippen LogP contribution in [0.3, 0.4) is 0 Å². The zero-order valence-electron chi connectivity index (χ0n) is 15.3. The van der Waals surface area contributed by atoms with Crippen LogP contribution in [-0.2, 0) is 11.2 Å². The number of nitrogens with zero attached hydrogens (tertiary/aromatic N) is 3. The highest BCUT2D eigenvalue weighted by molar-refractivity contribution is 6.06. The first-order valence-electron chi connectivity index (χ1n) is 9.10. The number of hydrogen-bond acceptors (Lipinski definition) is 3. The second-order valence-corrected chi connectivity index (χ2v) is 6.98. The molecule has 1 saturated carbocycles. The summed E-state index contributed by atoms with van der Waals surface area (Å²) in [5.74, 6) is -1.02. The van der Waals surface area contributed by atoms with Gasteiger partial charge in [-0.2, -0.15) is 5.10 Å². The van der Waals surface area contributed by atoms with E-state index in [0.717, 1.165) is 18.5 Å². The number of aromatic nitrogens is 2. The van der Waals surface area contributed by atoms with Gasteiger partial charge in [0.05, 0.1) is 24.2 Å². The van der Waals surface area contributed by atoms with Crippen molar-refractivity contribution < 1.29 is 14.7 Å². The van der Waals surface area contributed by atoms with Crippen molar-refractivity contribution in [3.05, 3.63) is 47.3 Å². The van der Waals surface area contributed by atoms with Crippen molar-refractivity contribution in [3.63, 3.8) is 0 Å². The Kier molecular flexibility index (Phi) is 5.40. The molecule has 6 heteroatoms. The molecule has 1 N–H and O–H groups in total. The van der Waals surface area contributed by atoms with Crippen molar-refractivity contribution in [3.8, 4) is 0 Å². The van der Waals surface area contributed by atoms with Gasteiger partial charge in [0, 0.05) is 18.4 Å². The molecule has 1 aromatic heterocycles. The summed E-state index contributed by atoms with van der Waals surface area (Å²) in [5, 5.41) is 13.4. The fourth-order valence-electron chi connectivity index (χ4n) is 3.67. The average molecular weight is 355 g/mol. The molecule has 6 nitrogen and oxygen atoms in total. The molecule has 0 bridgehead atoms. The summed E-state index contributed by atoms with van der Waals surface area (Å²) in [6.45, 7) is 1.95. The van der Waals surface area contributed by atoms with Gasteiger partial charge in [-0.15, -0.1) is 0 Å². The molecule has 0 atom stereocenters. The molecule has 138 valence electrons. The molecular formula is C20H25N3O3. The maximum Gasteiger partial charge on any atom is 0.307 e. The predicted octanol–water partition coefficient (Wildman–Crippen LogP) is 3.60. The molecule has 3 rings (SSSR count). The lowest BCUT2D eigenvalue weighted by atomic mass is 9.95. The molecule has 1 fully saturated rings. The summed E-state index contributed by atoms with van der Waals surface area (Å²) < 4.78 is 2.00. The quantitative estimate of drug-likeness (QED) is 0.889. The first-order chi connectivity index (χ1) is 12.5. The van der Waals surface area contributed by atoms with E-state index in [-0.39, 0.29) is 12.3 Å². The summed E-state index contributed by atoms with van der Waals surface area (Å²) in [5.41, 5.74) is 2.85. The highest BCUT2D eigenvalue weighted by atomic mass is 16.4. The van der Waals surface area contributed by atoms with Gasteiger partial charge in [0.15, 0.2) is 0 Å². The van der Waals surface area contributed by atoms with Crippen molar-refractivity contribution in [1.82, 2.24) is 9.78 Å². The lowest BCUT2D eigenvalue weighted by molar-refractivity contribution is -0.136. The Labute approximate surface area is 153 Å². The number of carbonyl (C=O) groups excluding carboxylic acids is 1. The molecule has 1 amide bonds. The van der Waals surface area contributed by atoms with Gasteiger partial charge < -0.3 is 10.0 Å². The van der Waals surface area contributed by atoms with Gasteiger partial charge in [0.25, 0.3) is 5.91 Å². The Bertz CT molecular complexity index is 806. The van der Waals surface area contributed by atoms with E-state index in [0.29, 0.717) is 22.9 Å². The van der Waals surface area contributed by atoms with Gasteiger partial charge in [-0.05, 0) is 37.5 Å². The monoisotopic (exact) mass is 355 g/mol. The van der Waals surface area contributed by atoms with E-state index in [2.05, 4.69) is 5.10 Å². The molecule has 1 heterocycles. The number of carbonyl (C=O) groups is 2. The largest absolute Gasteiger partial charge is 0.481 e. The second-order valence-electron chi connectivity index (χ2n) is 6.98. The van der Waals surface area contributed by atoms with Crippen LogP contribution in [0.2, 0.25) is 0 Å². The van der Waals surface area contributed by atoms with Gasteiger partial charge in [0.1, 0.15) is 0 Å². The van der Waals surface area contributed by atoms with E-state index in [1.165, 1.54) is 19.3 Å². The third-order valence-electron chi connectivity index (χ3n) is 5.15. The molecule has 1 aliphatic rings. The highest BCUT2D eigenvalue weighted by Crippen LogP contribution is 2.29. The Hall–Kier alpha value is -2.63. The van der Waals surface area contributed by atoms with Gasteiger partial charge in [-0.1, -0.05) is 31.4 Å². The number of benzene rings is 1. The standard InChI is InChI=1S/C20H25N3O3/c1-14-18(13-21-23(14)16-8-4-3-5-9-16)20(26)22(2)17-10-6-7-15(11-17)12-19(24)25/h6-7,10-11,13,16H,3-5,8-9,12H2,1-2H3,(H,24,25). The van der Waals surface area contributed by atoms with E-state index >= 15 is 0 Å². The Morgan fingerprint density at radius 3 is 2.69 bits per heavy atom. The van der Waals surface area contributed by atoms with Crippen LogP contribution in [-0.4, -0.2) is 33.8 Å². The van der Waals surface area contributed by atoms with Crippen LogP contribution in [0.5, 0.6) is 0 Å². The predicted molar refractivity (Wildman–Crippen MR) is 99.6 cm³/mol. The summed E-state index contributed by atoms with van der Waals surface area (Å²) in [6.07, 6.45) is 7.52. The molecule has 0 saturated heterocycles. The zero-order valence-corrected chi connectivity index (χ0v) is 15.3. The van der Waals surface area contributed by atoms with Crippen LogP contribution in [0.1, 0.15) is 59.8 Å². The third-order valence-corrected chi connectivity index (χ3v) is 5.15. The minimum atomic E-state index is -0.888. The SMILES string of the molecule is Cc1c(C(=O)N(C)c2cccc(CC(=O)O)c2)cnn1C1CCCCC1. The molecule has 0 radical (unpaired) electrons.